The summed E-state index contributed by atoms with van der Waals surface area (Å²) in [7, 11) is 0. The van der Waals surface area contributed by atoms with Crippen LogP contribution in [0.1, 0.15) is 0 Å². The van der Waals surface area contributed by atoms with Gasteiger partial charge in [0.1, 0.15) is 30.5 Å². The molecule has 0 bridgehead atoms. The van der Waals surface area contributed by atoms with Crippen molar-refractivity contribution in [3.8, 4) is 0 Å². The van der Waals surface area contributed by atoms with Crippen molar-refractivity contribution in [3.63, 3.8) is 0 Å². The summed E-state index contributed by atoms with van der Waals surface area (Å²) in [5.74, 6) is 0. The first-order valence-electron chi connectivity index (χ1n) is 5.22. The highest BCUT2D eigenvalue weighted by Gasteiger charge is 2.44. The minimum atomic E-state index is -1.52. The largest absolute Gasteiger partial charge is 0.394 e. The number of aliphatic hydroxyl groups excluding tert-OH is 6. The molecule has 0 saturated carbocycles. The highest BCUT2D eigenvalue weighted by molar-refractivity contribution is 4.88. The minimum absolute atomic E-state index is 0.306. The van der Waals surface area contributed by atoms with Crippen LogP contribution in [0.3, 0.4) is 0 Å². The molecule has 1 heterocycles. The maximum atomic E-state index is 9.52. The van der Waals surface area contributed by atoms with Crippen molar-refractivity contribution in [2.75, 3.05) is 19.8 Å². The van der Waals surface area contributed by atoms with Crippen LogP contribution in [0.15, 0.2) is 0 Å². The Kier molecular flexibility index (Phi) is 5.70. The van der Waals surface area contributed by atoms with Crippen LogP contribution >= 0.6 is 0 Å². The van der Waals surface area contributed by atoms with Gasteiger partial charge in [0, 0.05) is 0 Å². The Morgan fingerprint density at radius 1 is 1.06 bits per heavy atom. The summed E-state index contributed by atoms with van der Waals surface area (Å²) in [6.07, 6.45) is -7.94. The normalized spacial score (nSPS) is 40.2. The summed E-state index contributed by atoms with van der Waals surface area (Å²) >= 11 is 0. The molecule has 1 aliphatic heterocycles. The maximum absolute atomic E-state index is 9.52. The molecule has 0 spiro atoms. The molecule has 1 rings (SSSR count). The van der Waals surface area contributed by atoms with E-state index < -0.39 is 50.0 Å². The number of hydrogen-bond acceptors (Lipinski definition) is 8. The first-order chi connectivity index (χ1) is 8.01. The highest BCUT2D eigenvalue weighted by atomic mass is 16.7. The fraction of sp³-hybridized carbons (Fsp3) is 1.00. The Morgan fingerprint density at radius 3 is 2.24 bits per heavy atom. The van der Waals surface area contributed by atoms with Gasteiger partial charge in [0.2, 0.25) is 0 Å². The lowest BCUT2D eigenvalue weighted by Crippen LogP contribution is -2.59. The van der Waals surface area contributed by atoms with Gasteiger partial charge in [0.15, 0.2) is 6.29 Å². The van der Waals surface area contributed by atoms with E-state index in [1.807, 2.05) is 0 Å². The van der Waals surface area contributed by atoms with Crippen LogP contribution in [0.4, 0.5) is 0 Å². The van der Waals surface area contributed by atoms with E-state index in [-0.39, 0.29) is 6.61 Å². The van der Waals surface area contributed by atoms with Crippen LogP contribution in [-0.2, 0) is 9.47 Å². The van der Waals surface area contributed by atoms with Gasteiger partial charge in [-0.2, -0.15) is 0 Å². The molecule has 0 radical (unpaired) electrons. The second-order valence-corrected chi connectivity index (χ2v) is 3.87. The van der Waals surface area contributed by atoms with E-state index in [2.05, 4.69) is 0 Å². The van der Waals surface area contributed by atoms with Crippen LogP contribution in [-0.4, -0.2) is 87.3 Å². The predicted octanol–water partition coefficient (Wildman–Crippen LogP) is -3.84. The van der Waals surface area contributed by atoms with Gasteiger partial charge in [0.05, 0.1) is 19.8 Å². The summed E-state index contributed by atoms with van der Waals surface area (Å²) in [6.45, 7) is -1.37. The molecule has 6 atom stereocenters. The highest BCUT2D eigenvalue weighted by Crippen LogP contribution is 2.21. The molecule has 0 aromatic rings. The Hall–Kier alpha value is -0.320. The zero-order valence-corrected chi connectivity index (χ0v) is 9.09. The zero-order valence-electron chi connectivity index (χ0n) is 9.09. The van der Waals surface area contributed by atoms with Crippen LogP contribution in [0, 0.1) is 0 Å². The SMILES string of the molecule is OCC(O)COC1O[C@@H](CO)[C@@H](O)[C@@H](O)[C@@H]1O. The molecule has 1 saturated heterocycles. The molecule has 1 fully saturated rings. The fourth-order valence-electron chi connectivity index (χ4n) is 1.46. The summed E-state index contributed by atoms with van der Waals surface area (Å²) in [5, 5.41) is 54.9. The summed E-state index contributed by atoms with van der Waals surface area (Å²) in [4.78, 5) is 0. The monoisotopic (exact) mass is 254 g/mol. The molecule has 8 heteroatoms. The number of hydrogen-bond donors (Lipinski definition) is 6. The van der Waals surface area contributed by atoms with Gasteiger partial charge in [-0.1, -0.05) is 0 Å². The van der Waals surface area contributed by atoms with Crippen LogP contribution in [0.2, 0.25) is 0 Å². The number of ether oxygens (including phenoxy) is 2. The molecule has 6 N–H and O–H groups in total. The number of rotatable bonds is 5. The van der Waals surface area contributed by atoms with Crippen LogP contribution in [0.5, 0.6) is 0 Å². The van der Waals surface area contributed by atoms with E-state index in [4.69, 9.17) is 24.8 Å². The lowest BCUT2D eigenvalue weighted by molar-refractivity contribution is -0.304. The first kappa shape index (κ1) is 14.7. The van der Waals surface area contributed by atoms with Crippen molar-refractivity contribution in [3.05, 3.63) is 0 Å². The molecule has 17 heavy (non-hydrogen) atoms. The van der Waals surface area contributed by atoms with Gasteiger partial charge in [-0.05, 0) is 0 Å². The third-order valence-corrected chi connectivity index (χ3v) is 2.51. The molecule has 0 aromatic heterocycles. The average molecular weight is 254 g/mol. The van der Waals surface area contributed by atoms with Crippen molar-refractivity contribution in [1.29, 1.82) is 0 Å². The Bertz CT molecular complexity index is 223. The molecule has 0 amide bonds. The molecule has 1 aliphatic rings. The van der Waals surface area contributed by atoms with E-state index >= 15 is 0 Å². The van der Waals surface area contributed by atoms with E-state index in [9.17, 15) is 15.3 Å². The van der Waals surface area contributed by atoms with Gasteiger partial charge >= 0.3 is 0 Å². The summed E-state index contributed by atoms with van der Waals surface area (Å²) < 4.78 is 9.93. The standard InChI is InChI=1S/C9H18O8/c10-1-4(12)3-16-9-8(15)7(14)6(13)5(2-11)17-9/h4-15H,1-3H2/t4?,5-,6+,7+,8-,9?/m0/s1. The smallest absolute Gasteiger partial charge is 0.186 e. The van der Waals surface area contributed by atoms with Crippen LogP contribution < -0.4 is 0 Å². The Balaban J connectivity index is 2.53. The van der Waals surface area contributed by atoms with E-state index in [1.54, 1.807) is 0 Å². The third kappa shape index (κ3) is 3.57. The molecule has 8 nitrogen and oxygen atoms in total. The van der Waals surface area contributed by atoms with Crippen molar-refractivity contribution in [2.24, 2.45) is 0 Å². The molecular weight excluding hydrogens is 236 g/mol. The zero-order chi connectivity index (χ0) is 13.0. The van der Waals surface area contributed by atoms with Gasteiger partial charge in [-0.3, -0.25) is 0 Å². The molecule has 2 unspecified atom stereocenters. The molecule has 0 aliphatic carbocycles. The van der Waals surface area contributed by atoms with Gasteiger partial charge in [-0.15, -0.1) is 0 Å². The van der Waals surface area contributed by atoms with Crippen LogP contribution in [0.25, 0.3) is 0 Å². The van der Waals surface area contributed by atoms with Gasteiger partial charge in [0.25, 0.3) is 0 Å². The second kappa shape index (κ2) is 6.57. The molecule has 0 aromatic carbocycles. The topological polar surface area (TPSA) is 140 Å². The molecular formula is C9H18O8. The summed E-state index contributed by atoms with van der Waals surface area (Å²) in [6, 6.07) is 0. The summed E-state index contributed by atoms with van der Waals surface area (Å²) in [5.41, 5.74) is 0. The minimum Gasteiger partial charge on any atom is -0.394 e. The van der Waals surface area contributed by atoms with Crippen molar-refractivity contribution < 1.29 is 40.1 Å². The van der Waals surface area contributed by atoms with Crippen molar-refractivity contribution in [1.82, 2.24) is 0 Å². The predicted molar refractivity (Wildman–Crippen MR) is 52.8 cm³/mol. The van der Waals surface area contributed by atoms with E-state index in [1.165, 1.54) is 0 Å². The Labute approximate surface area is 97.6 Å². The quantitative estimate of drug-likeness (QED) is 0.293. The number of aliphatic hydroxyl groups is 6. The second-order valence-electron chi connectivity index (χ2n) is 3.87. The maximum Gasteiger partial charge on any atom is 0.186 e. The third-order valence-electron chi connectivity index (χ3n) is 2.51. The van der Waals surface area contributed by atoms with Gasteiger partial charge < -0.3 is 40.1 Å². The Morgan fingerprint density at radius 2 is 1.71 bits per heavy atom. The van der Waals surface area contributed by atoms with Gasteiger partial charge in [-0.25, -0.2) is 0 Å². The van der Waals surface area contributed by atoms with E-state index in [0.29, 0.717) is 0 Å². The lowest BCUT2D eigenvalue weighted by atomic mass is 9.99. The lowest BCUT2D eigenvalue weighted by Gasteiger charge is -2.39. The van der Waals surface area contributed by atoms with Crippen molar-refractivity contribution >= 4 is 0 Å². The van der Waals surface area contributed by atoms with E-state index in [0.717, 1.165) is 0 Å². The fourth-order valence-corrected chi connectivity index (χ4v) is 1.46. The molecule has 102 valence electrons. The first-order valence-corrected chi connectivity index (χ1v) is 5.22. The average Bonchev–Trinajstić information content (AvgIpc) is 2.34. The van der Waals surface area contributed by atoms with Crippen molar-refractivity contribution in [2.45, 2.75) is 36.8 Å².